The van der Waals surface area contributed by atoms with E-state index in [2.05, 4.69) is 52.1 Å². The highest BCUT2D eigenvalue weighted by Crippen LogP contribution is 2.29. The van der Waals surface area contributed by atoms with E-state index in [-0.39, 0.29) is 5.75 Å². The molecule has 0 atom stereocenters. The third-order valence-corrected chi connectivity index (χ3v) is 6.19. The van der Waals surface area contributed by atoms with Gasteiger partial charge in [-0.3, -0.25) is 0 Å². The Kier molecular flexibility index (Phi) is 6.95. The number of fused-ring (bicyclic) bond motifs is 1. The highest BCUT2D eigenvalue weighted by atomic mass is 32.1. The lowest BCUT2D eigenvalue weighted by molar-refractivity contribution is 0.184. The fraction of sp³-hybridized carbons (Fsp3) is 0.280. The van der Waals surface area contributed by atoms with Crippen molar-refractivity contribution in [2.45, 2.75) is 33.1 Å². The van der Waals surface area contributed by atoms with Gasteiger partial charge in [0.1, 0.15) is 16.5 Å². The van der Waals surface area contributed by atoms with Gasteiger partial charge in [0, 0.05) is 17.8 Å². The van der Waals surface area contributed by atoms with Crippen molar-refractivity contribution >= 4 is 27.4 Å². The summed E-state index contributed by atoms with van der Waals surface area (Å²) in [5.74, 6) is 1.12. The van der Waals surface area contributed by atoms with Gasteiger partial charge in [-0.2, -0.15) is 0 Å². The van der Waals surface area contributed by atoms with Crippen LogP contribution in [0.3, 0.4) is 0 Å². The Hall–Kier alpha value is -3.06. The summed E-state index contributed by atoms with van der Waals surface area (Å²) in [6.45, 7) is 3.92. The van der Waals surface area contributed by atoms with Crippen LogP contribution >= 0.6 is 11.3 Å². The molecule has 1 N–H and O–H groups in total. The number of benzene rings is 2. The van der Waals surface area contributed by atoms with E-state index in [0.29, 0.717) is 0 Å². The van der Waals surface area contributed by atoms with Crippen LogP contribution in [0.25, 0.3) is 21.3 Å². The Balaban J connectivity index is 1.35. The highest BCUT2D eigenvalue weighted by molar-refractivity contribution is 7.18. The summed E-state index contributed by atoms with van der Waals surface area (Å²) in [5, 5.41) is 4.57. The molecule has 4 rings (SSSR count). The van der Waals surface area contributed by atoms with Crippen molar-refractivity contribution in [3.63, 3.8) is 0 Å². The second-order valence-corrected chi connectivity index (χ2v) is 8.78. The number of ether oxygens (including phenoxy) is 1. The van der Waals surface area contributed by atoms with Crippen LogP contribution in [0.4, 0.5) is 14.6 Å². The first-order chi connectivity index (χ1) is 15.6. The molecule has 32 heavy (non-hydrogen) atoms. The SMILES string of the molecule is CCc1nc(NCCCc2ccc(-c3ccc(OCF)c(F)c3)cc2)c2cc(C)sc2n1. The molecule has 4 nitrogen and oxygen atoms in total. The maximum absolute atomic E-state index is 14.0. The predicted octanol–water partition coefficient (Wildman–Crippen LogP) is 6.72. The van der Waals surface area contributed by atoms with Crippen LogP contribution < -0.4 is 10.1 Å². The number of hydrogen-bond acceptors (Lipinski definition) is 5. The first-order valence-electron chi connectivity index (χ1n) is 10.7. The number of nitrogens with one attached hydrogen (secondary N) is 1. The molecule has 4 aromatic rings. The summed E-state index contributed by atoms with van der Waals surface area (Å²) in [6.07, 6.45) is 2.69. The van der Waals surface area contributed by atoms with E-state index in [1.54, 1.807) is 17.4 Å². The van der Waals surface area contributed by atoms with Gasteiger partial charge in [-0.1, -0.05) is 37.3 Å². The molecule has 0 spiro atoms. The summed E-state index contributed by atoms with van der Waals surface area (Å²) in [5.41, 5.74) is 2.84. The first-order valence-corrected chi connectivity index (χ1v) is 11.5. The molecular weight excluding hydrogens is 428 g/mol. The molecule has 2 aromatic heterocycles. The van der Waals surface area contributed by atoms with Crippen LogP contribution in [0.5, 0.6) is 5.75 Å². The molecule has 0 aliphatic carbocycles. The highest BCUT2D eigenvalue weighted by Gasteiger charge is 2.10. The van der Waals surface area contributed by atoms with Gasteiger partial charge >= 0.3 is 0 Å². The predicted molar refractivity (Wildman–Crippen MR) is 127 cm³/mol. The summed E-state index contributed by atoms with van der Waals surface area (Å²) < 4.78 is 30.9. The molecular formula is C25H25F2N3OS. The van der Waals surface area contributed by atoms with Gasteiger partial charge in [-0.05, 0) is 54.7 Å². The Morgan fingerprint density at radius 2 is 1.81 bits per heavy atom. The fourth-order valence-electron chi connectivity index (χ4n) is 3.60. The zero-order chi connectivity index (χ0) is 22.5. The summed E-state index contributed by atoms with van der Waals surface area (Å²) in [7, 11) is 0. The molecule has 0 aliphatic heterocycles. The number of alkyl halides is 1. The number of aromatic nitrogens is 2. The lowest BCUT2D eigenvalue weighted by atomic mass is 10.0. The van der Waals surface area contributed by atoms with Gasteiger partial charge in [0.2, 0.25) is 6.86 Å². The molecule has 7 heteroatoms. The summed E-state index contributed by atoms with van der Waals surface area (Å²) in [6, 6.07) is 14.7. The molecule has 0 saturated carbocycles. The van der Waals surface area contributed by atoms with Crippen molar-refractivity contribution < 1.29 is 13.5 Å². The van der Waals surface area contributed by atoms with Crippen molar-refractivity contribution in [3.05, 3.63) is 70.6 Å². The van der Waals surface area contributed by atoms with E-state index >= 15 is 0 Å². The number of anilines is 1. The van der Waals surface area contributed by atoms with E-state index in [0.717, 1.165) is 58.8 Å². The molecule has 0 unspecified atom stereocenters. The standard InChI is InChI=1S/C25H25F2N3OS/c1-3-23-29-24(20-13-16(2)32-25(20)30-23)28-12-4-5-17-6-8-18(9-7-17)19-10-11-22(31-15-26)21(27)14-19/h6-11,13-14H,3-5,12,15H2,1-2H3,(H,28,29,30). The largest absolute Gasteiger partial charge is 0.460 e. The lowest BCUT2D eigenvalue weighted by Crippen LogP contribution is -2.07. The number of aryl methyl sites for hydroxylation is 3. The molecule has 0 amide bonds. The molecule has 0 fully saturated rings. The zero-order valence-corrected chi connectivity index (χ0v) is 18.9. The van der Waals surface area contributed by atoms with Gasteiger partial charge < -0.3 is 10.1 Å². The number of rotatable bonds is 9. The first kappa shape index (κ1) is 22.1. The normalized spacial score (nSPS) is 11.1. The Morgan fingerprint density at radius 3 is 2.53 bits per heavy atom. The van der Waals surface area contributed by atoms with E-state index < -0.39 is 12.7 Å². The van der Waals surface area contributed by atoms with Gasteiger partial charge in [-0.25, -0.2) is 18.7 Å². The molecule has 166 valence electrons. The van der Waals surface area contributed by atoms with Crippen molar-refractivity contribution in [3.8, 4) is 16.9 Å². The van der Waals surface area contributed by atoms with Crippen LogP contribution in [0, 0.1) is 12.7 Å². The van der Waals surface area contributed by atoms with Crippen LogP contribution in [0.2, 0.25) is 0 Å². The lowest BCUT2D eigenvalue weighted by Gasteiger charge is -2.09. The van der Waals surface area contributed by atoms with Crippen LogP contribution in [0.15, 0.2) is 48.5 Å². The third-order valence-electron chi connectivity index (χ3n) is 5.24. The zero-order valence-electron chi connectivity index (χ0n) is 18.1. The maximum atomic E-state index is 14.0. The number of thiophene rings is 1. The van der Waals surface area contributed by atoms with Crippen molar-refractivity contribution in [1.82, 2.24) is 9.97 Å². The van der Waals surface area contributed by atoms with Gasteiger partial charge in [0.25, 0.3) is 0 Å². The van der Waals surface area contributed by atoms with Crippen molar-refractivity contribution in [1.29, 1.82) is 0 Å². The average molecular weight is 454 g/mol. The second kappa shape index (κ2) is 10.0. The Labute approximate surface area is 190 Å². The number of halogens is 2. The molecule has 2 aromatic carbocycles. The third kappa shape index (κ3) is 5.05. The molecule has 0 radical (unpaired) electrons. The Bertz CT molecular complexity index is 1210. The Morgan fingerprint density at radius 1 is 1.03 bits per heavy atom. The van der Waals surface area contributed by atoms with Gasteiger partial charge in [0.05, 0.1) is 5.39 Å². The smallest absolute Gasteiger partial charge is 0.228 e. The monoisotopic (exact) mass is 453 g/mol. The van der Waals surface area contributed by atoms with E-state index in [1.165, 1.54) is 22.6 Å². The van der Waals surface area contributed by atoms with Crippen LogP contribution in [-0.2, 0) is 12.8 Å². The molecule has 0 aliphatic rings. The minimum absolute atomic E-state index is 0.0787. The second-order valence-electron chi connectivity index (χ2n) is 7.54. The van der Waals surface area contributed by atoms with Gasteiger partial charge in [-0.15, -0.1) is 11.3 Å². The minimum atomic E-state index is -1.05. The summed E-state index contributed by atoms with van der Waals surface area (Å²) in [4.78, 5) is 11.6. The minimum Gasteiger partial charge on any atom is -0.460 e. The maximum Gasteiger partial charge on any atom is 0.228 e. The molecule has 2 heterocycles. The quantitative estimate of drug-likeness (QED) is 0.286. The molecule has 0 saturated heterocycles. The summed E-state index contributed by atoms with van der Waals surface area (Å²) >= 11 is 1.70. The topological polar surface area (TPSA) is 47.0 Å². The number of hydrogen-bond donors (Lipinski definition) is 1. The van der Waals surface area contributed by atoms with Crippen molar-refractivity contribution in [2.75, 3.05) is 18.7 Å². The average Bonchev–Trinajstić information content (AvgIpc) is 3.18. The van der Waals surface area contributed by atoms with Crippen LogP contribution in [0.1, 0.15) is 29.6 Å². The van der Waals surface area contributed by atoms with E-state index in [4.69, 9.17) is 0 Å². The fourth-order valence-corrected chi connectivity index (χ4v) is 4.50. The molecule has 0 bridgehead atoms. The van der Waals surface area contributed by atoms with Crippen molar-refractivity contribution in [2.24, 2.45) is 0 Å². The van der Waals surface area contributed by atoms with Crippen LogP contribution in [-0.4, -0.2) is 23.4 Å². The van der Waals surface area contributed by atoms with E-state index in [1.807, 2.05) is 12.1 Å². The van der Waals surface area contributed by atoms with Gasteiger partial charge in [0.15, 0.2) is 11.6 Å². The van der Waals surface area contributed by atoms with E-state index in [9.17, 15) is 8.78 Å². The number of nitrogens with zero attached hydrogens (tertiary/aromatic N) is 2.